The highest BCUT2D eigenvalue weighted by Gasteiger charge is 2.30. The third-order valence-corrected chi connectivity index (χ3v) is 18.6. The highest BCUT2D eigenvalue weighted by molar-refractivity contribution is 7.47. The molecule has 0 bridgehead atoms. The summed E-state index contributed by atoms with van der Waals surface area (Å²) in [6, 6.07) is 0. The van der Waals surface area contributed by atoms with Crippen LogP contribution in [0.3, 0.4) is 0 Å². The molecule has 0 rings (SSSR count). The van der Waals surface area contributed by atoms with Crippen molar-refractivity contribution in [3.8, 4) is 0 Å². The zero-order chi connectivity index (χ0) is 66.8. The third-order valence-electron chi connectivity index (χ3n) is 16.7. The van der Waals surface area contributed by atoms with Gasteiger partial charge in [0.25, 0.3) is 0 Å². The van der Waals surface area contributed by atoms with Crippen LogP contribution in [0.5, 0.6) is 0 Å². The number of hydrogen-bond acceptors (Lipinski definition) is 15. The molecule has 0 amide bonds. The Labute approximate surface area is 549 Å². The molecule has 3 N–H and O–H groups in total. The summed E-state index contributed by atoms with van der Waals surface area (Å²) in [7, 11) is -9.90. The molecule has 0 aliphatic carbocycles. The molecule has 0 aliphatic rings. The largest absolute Gasteiger partial charge is 0.472 e. The second-order valence-corrected chi connectivity index (χ2v) is 30.2. The molecule has 0 fully saturated rings. The van der Waals surface area contributed by atoms with Crippen LogP contribution in [0.15, 0.2) is 0 Å². The van der Waals surface area contributed by atoms with E-state index in [4.69, 9.17) is 37.0 Å². The van der Waals surface area contributed by atoms with Crippen molar-refractivity contribution < 1.29 is 80.2 Å². The number of carbonyl (C=O) groups excluding carboxylic acids is 4. The summed E-state index contributed by atoms with van der Waals surface area (Å²) in [6.45, 7) is 14.1. The van der Waals surface area contributed by atoms with Gasteiger partial charge < -0.3 is 33.8 Å². The highest BCUT2D eigenvalue weighted by atomic mass is 31.2. The van der Waals surface area contributed by atoms with E-state index in [1.807, 2.05) is 0 Å². The Morgan fingerprint density at radius 1 is 0.311 bits per heavy atom. The SMILES string of the molecule is CCC(C)CCCCCCCCCCCCC(=O)OC[C@H](COP(=O)(O)OCC(O)COP(=O)(O)OC[C@@H](COC(=O)CCCCCCCCCCC(C)C)OC(=O)CCCCCCCCC(C)C)OC(=O)CCCCCCCCCCCCCCCC(C)C. The fraction of sp³-hybridized carbons (Fsp3) is 0.944. The first-order valence-electron chi connectivity index (χ1n) is 36.7. The molecule has 0 aliphatic heterocycles. The Hall–Kier alpha value is -1.94. The molecule has 0 aromatic carbocycles. The van der Waals surface area contributed by atoms with E-state index in [0.29, 0.717) is 31.6 Å². The fourth-order valence-corrected chi connectivity index (χ4v) is 12.2. The van der Waals surface area contributed by atoms with Crippen molar-refractivity contribution in [3.05, 3.63) is 0 Å². The van der Waals surface area contributed by atoms with Crippen molar-refractivity contribution in [2.24, 2.45) is 23.7 Å². The average Bonchev–Trinajstić information content (AvgIpc) is 3.58. The molecule has 0 spiro atoms. The van der Waals surface area contributed by atoms with Crippen LogP contribution >= 0.6 is 15.6 Å². The van der Waals surface area contributed by atoms with Crippen LogP contribution in [-0.4, -0.2) is 96.7 Å². The van der Waals surface area contributed by atoms with Gasteiger partial charge in [0.2, 0.25) is 0 Å². The number of phosphoric ester groups is 2. The molecule has 6 atom stereocenters. The molecular formula is C71H138O17P2. The molecule has 17 nitrogen and oxygen atoms in total. The summed E-state index contributed by atoms with van der Waals surface area (Å²) in [5.74, 6) is 0.860. The van der Waals surface area contributed by atoms with Crippen molar-refractivity contribution in [2.75, 3.05) is 39.6 Å². The second-order valence-electron chi connectivity index (χ2n) is 27.3. The smallest absolute Gasteiger partial charge is 0.462 e. The van der Waals surface area contributed by atoms with Crippen LogP contribution in [0.2, 0.25) is 0 Å². The Kier molecular flexibility index (Phi) is 59.4. The zero-order valence-electron chi connectivity index (χ0n) is 58.8. The Morgan fingerprint density at radius 2 is 0.533 bits per heavy atom. The number of esters is 4. The predicted molar refractivity (Wildman–Crippen MR) is 363 cm³/mol. The lowest BCUT2D eigenvalue weighted by molar-refractivity contribution is -0.161. The van der Waals surface area contributed by atoms with E-state index in [0.717, 1.165) is 108 Å². The van der Waals surface area contributed by atoms with Crippen molar-refractivity contribution in [1.82, 2.24) is 0 Å². The minimum absolute atomic E-state index is 0.101. The van der Waals surface area contributed by atoms with Crippen LogP contribution in [0, 0.1) is 23.7 Å². The van der Waals surface area contributed by atoms with Gasteiger partial charge in [-0.05, 0) is 49.4 Å². The lowest BCUT2D eigenvalue weighted by Crippen LogP contribution is -2.30. The number of carbonyl (C=O) groups is 4. The Morgan fingerprint density at radius 3 is 0.789 bits per heavy atom. The molecule has 90 heavy (non-hydrogen) atoms. The molecule has 0 aromatic rings. The van der Waals surface area contributed by atoms with E-state index in [-0.39, 0.29) is 25.7 Å². The van der Waals surface area contributed by atoms with Gasteiger partial charge in [0, 0.05) is 25.7 Å². The van der Waals surface area contributed by atoms with Crippen LogP contribution < -0.4 is 0 Å². The molecule has 0 saturated heterocycles. The summed E-state index contributed by atoms with van der Waals surface area (Å²) < 4.78 is 68.3. The highest BCUT2D eigenvalue weighted by Crippen LogP contribution is 2.45. The van der Waals surface area contributed by atoms with Crippen LogP contribution in [0.4, 0.5) is 0 Å². The number of aliphatic hydroxyl groups excluding tert-OH is 1. The van der Waals surface area contributed by atoms with Crippen molar-refractivity contribution >= 4 is 39.5 Å². The van der Waals surface area contributed by atoms with Crippen molar-refractivity contribution in [2.45, 2.75) is 369 Å². The Balaban J connectivity index is 5.24. The van der Waals surface area contributed by atoms with Crippen LogP contribution in [-0.2, 0) is 65.4 Å². The van der Waals surface area contributed by atoms with Gasteiger partial charge in [-0.3, -0.25) is 37.3 Å². The van der Waals surface area contributed by atoms with Crippen LogP contribution in [0.25, 0.3) is 0 Å². The standard InChI is InChI=1S/C71H138O17P2/c1-9-64(8)50-42-34-25-18-15-16-19-26-35-43-51-68(73)81-57-66(87-70(75)53-45-37-28-20-14-12-10-11-13-17-23-31-39-47-61(2)3)59-85-89(77,78)83-55-65(72)56-84-90(79,80)86-60-67(88-71(76)54-46-38-30-29-33-41-49-63(6)7)58-82-69(74)52-44-36-27-22-21-24-32-40-48-62(4)5/h61-67,72H,9-60H2,1-8H3,(H,77,78)(H,79,80)/t64?,65?,66-,67-/m1/s1. The first kappa shape index (κ1) is 88.1. The van der Waals surface area contributed by atoms with Gasteiger partial charge in [-0.25, -0.2) is 9.13 Å². The average molecular weight is 1330 g/mol. The quantitative estimate of drug-likeness (QED) is 0.0222. The van der Waals surface area contributed by atoms with Gasteiger partial charge >= 0.3 is 39.5 Å². The Bertz CT molecular complexity index is 1780. The molecule has 0 heterocycles. The molecule has 534 valence electrons. The minimum Gasteiger partial charge on any atom is -0.462 e. The third kappa shape index (κ3) is 63.5. The van der Waals surface area contributed by atoms with E-state index < -0.39 is 97.5 Å². The van der Waals surface area contributed by atoms with Gasteiger partial charge in [-0.2, -0.15) is 0 Å². The lowest BCUT2D eigenvalue weighted by Gasteiger charge is -2.21. The lowest BCUT2D eigenvalue weighted by atomic mass is 9.99. The van der Waals surface area contributed by atoms with Gasteiger partial charge in [-0.15, -0.1) is 0 Å². The number of hydrogen-bond donors (Lipinski definition) is 3. The first-order valence-corrected chi connectivity index (χ1v) is 39.7. The van der Waals surface area contributed by atoms with Gasteiger partial charge in [0.1, 0.15) is 19.3 Å². The monoisotopic (exact) mass is 1320 g/mol. The fourth-order valence-electron chi connectivity index (χ4n) is 10.6. The summed E-state index contributed by atoms with van der Waals surface area (Å²) in [5.41, 5.74) is 0. The zero-order valence-corrected chi connectivity index (χ0v) is 60.6. The normalized spacial score (nSPS) is 14.6. The predicted octanol–water partition coefficient (Wildman–Crippen LogP) is 20.1. The number of aliphatic hydroxyl groups is 1. The number of rotatable bonds is 68. The van der Waals surface area contributed by atoms with Crippen molar-refractivity contribution in [3.63, 3.8) is 0 Å². The second kappa shape index (κ2) is 60.7. The number of unbranched alkanes of at least 4 members (excludes halogenated alkanes) is 33. The molecular weight excluding hydrogens is 1190 g/mol. The first-order chi connectivity index (χ1) is 43.1. The number of phosphoric acid groups is 2. The maximum atomic E-state index is 13.0. The summed E-state index contributed by atoms with van der Waals surface area (Å²) in [6.07, 6.45) is 43.2. The van der Waals surface area contributed by atoms with Gasteiger partial charge in [0.15, 0.2) is 12.2 Å². The van der Waals surface area contributed by atoms with E-state index in [9.17, 15) is 43.2 Å². The van der Waals surface area contributed by atoms with Crippen molar-refractivity contribution in [1.29, 1.82) is 0 Å². The van der Waals surface area contributed by atoms with Gasteiger partial charge in [-0.1, -0.05) is 299 Å². The van der Waals surface area contributed by atoms with E-state index in [1.165, 1.54) is 154 Å². The summed E-state index contributed by atoms with van der Waals surface area (Å²) in [5, 5.41) is 10.6. The van der Waals surface area contributed by atoms with E-state index in [2.05, 4.69) is 55.4 Å². The molecule has 4 unspecified atom stereocenters. The van der Waals surface area contributed by atoms with E-state index in [1.54, 1.807) is 0 Å². The van der Waals surface area contributed by atoms with E-state index >= 15 is 0 Å². The van der Waals surface area contributed by atoms with Crippen LogP contribution in [0.1, 0.15) is 351 Å². The molecule has 19 heteroatoms. The maximum Gasteiger partial charge on any atom is 0.472 e. The molecule has 0 aromatic heterocycles. The minimum atomic E-state index is -4.95. The number of ether oxygens (including phenoxy) is 4. The summed E-state index contributed by atoms with van der Waals surface area (Å²) in [4.78, 5) is 72.5. The molecule has 0 radical (unpaired) electrons. The van der Waals surface area contributed by atoms with Gasteiger partial charge in [0.05, 0.1) is 26.4 Å². The topological polar surface area (TPSA) is 237 Å². The maximum absolute atomic E-state index is 13.0. The summed E-state index contributed by atoms with van der Waals surface area (Å²) >= 11 is 0. The molecule has 0 saturated carbocycles.